The van der Waals surface area contributed by atoms with Crippen LogP contribution in [0.1, 0.15) is 43.7 Å². The van der Waals surface area contributed by atoms with Crippen molar-refractivity contribution < 1.29 is 9.53 Å². The number of benzene rings is 2. The Bertz CT molecular complexity index is 915. The molecular weight excluding hydrogens is 384 g/mol. The van der Waals surface area contributed by atoms with Crippen LogP contribution in [0, 0.1) is 17.2 Å². The van der Waals surface area contributed by atoms with Crippen molar-refractivity contribution in [3.63, 3.8) is 0 Å². The molecule has 1 N–H and O–H groups in total. The lowest BCUT2D eigenvalue weighted by molar-refractivity contribution is -0.118. The number of rotatable bonds is 6. The fourth-order valence-corrected chi connectivity index (χ4v) is 3.72. The SMILES string of the molecule is C[C@H]1CCCC[C@H]1NC(=O)/C(C#N)=C/c1ccc(OCc2ccccc2Cl)cc1. The van der Waals surface area contributed by atoms with E-state index in [2.05, 4.69) is 12.2 Å². The zero-order chi connectivity index (χ0) is 20.6. The molecule has 0 radical (unpaired) electrons. The first-order valence-electron chi connectivity index (χ1n) is 9.95. The fraction of sp³-hybridized carbons (Fsp3) is 0.333. The average Bonchev–Trinajstić information content (AvgIpc) is 2.74. The van der Waals surface area contributed by atoms with E-state index in [1.165, 1.54) is 6.42 Å². The third kappa shape index (κ3) is 5.85. The molecule has 1 saturated carbocycles. The van der Waals surface area contributed by atoms with Crippen molar-refractivity contribution in [1.29, 1.82) is 5.26 Å². The third-order valence-electron chi connectivity index (χ3n) is 5.34. The normalized spacial score (nSPS) is 19.3. The number of nitrogens with zero attached hydrogens (tertiary/aromatic N) is 1. The largest absolute Gasteiger partial charge is 0.489 e. The summed E-state index contributed by atoms with van der Waals surface area (Å²) < 4.78 is 5.77. The molecule has 0 aromatic heterocycles. The van der Waals surface area contributed by atoms with Crippen LogP contribution in [0.25, 0.3) is 6.08 Å². The number of hydrogen-bond acceptors (Lipinski definition) is 3. The predicted molar refractivity (Wildman–Crippen MR) is 115 cm³/mol. The second-order valence-electron chi connectivity index (χ2n) is 7.46. The molecule has 4 nitrogen and oxygen atoms in total. The van der Waals surface area contributed by atoms with E-state index < -0.39 is 0 Å². The highest BCUT2D eigenvalue weighted by molar-refractivity contribution is 6.31. The van der Waals surface area contributed by atoms with Crippen LogP contribution >= 0.6 is 11.6 Å². The maximum atomic E-state index is 12.5. The van der Waals surface area contributed by atoms with Crippen LogP contribution in [0.2, 0.25) is 5.02 Å². The van der Waals surface area contributed by atoms with E-state index in [1.54, 1.807) is 6.08 Å². The van der Waals surface area contributed by atoms with E-state index >= 15 is 0 Å². The Hall–Kier alpha value is -2.77. The zero-order valence-electron chi connectivity index (χ0n) is 16.5. The number of carbonyl (C=O) groups excluding carboxylic acids is 1. The quantitative estimate of drug-likeness (QED) is 0.505. The van der Waals surface area contributed by atoms with Crippen molar-refractivity contribution in [2.24, 2.45) is 5.92 Å². The minimum Gasteiger partial charge on any atom is -0.489 e. The van der Waals surface area contributed by atoms with Gasteiger partial charge in [-0.2, -0.15) is 5.26 Å². The summed E-state index contributed by atoms with van der Waals surface area (Å²) in [5.74, 6) is 0.841. The fourth-order valence-electron chi connectivity index (χ4n) is 3.53. The standard InChI is InChI=1S/C24H25ClN2O2/c1-17-6-2-5-9-23(17)27-24(28)20(15-26)14-18-10-12-21(13-11-18)29-16-19-7-3-4-8-22(19)25/h3-4,7-8,10-14,17,23H,2,5-6,9,16H2,1H3,(H,27,28)/b20-14+/t17-,23+/m0/s1. The van der Waals surface area contributed by atoms with Crippen molar-refractivity contribution in [3.05, 3.63) is 70.3 Å². The van der Waals surface area contributed by atoms with E-state index in [0.29, 0.717) is 23.3 Å². The molecule has 0 heterocycles. The summed E-state index contributed by atoms with van der Waals surface area (Å²) in [6.45, 7) is 2.53. The predicted octanol–water partition coefficient (Wildman–Crippen LogP) is 5.52. The van der Waals surface area contributed by atoms with Crippen LogP contribution in [0.15, 0.2) is 54.1 Å². The summed E-state index contributed by atoms with van der Waals surface area (Å²) in [6.07, 6.45) is 6.03. The van der Waals surface area contributed by atoms with E-state index in [-0.39, 0.29) is 17.5 Å². The van der Waals surface area contributed by atoms with Crippen molar-refractivity contribution >= 4 is 23.6 Å². The van der Waals surface area contributed by atoms with E-state index in [9.17, 15) is 10.1 Å². The van der Waals surface area contributed by atoms with Crippen molar-refractivity contribution in [2.75, 3.05) is 0 Å². The highest BCUT2D eigenvalue weighted by atomic mass is 35.5. The van der Waals surface area contributed by atoms with Gasteiger partial charge >= 0.3 is 0 Å². The van der Waals surface area contributed by atoms with Gasteiger partial charge in [0.1, 0.15) is 24.0 Å². The highest BCUT2D eigenvalue weighted by Gasteiger charge is 2.24. The van der Waals surface area contributed by atoms with Crippen molar-refractivity contribution in [3.8, 4) is 11.8 Å². The number of ether oxygens (including phenoxy) is 1. The van der Waals surface area contributed by atoms with Crippen LogP contribution < -0.4 is 10.1 Å². The topological polar surface area (TPSA) is 62.1 Å². The molecule has 2 atom stereocenters. The lowest BCUT2D eigenvalue weighted by atomic mass is 9.86. The van der Waals surface area contributed by atoms with Gasteiger partial charge in [-0.05, 0) is 48.6 Å². The molecule has 1 fully saturated rings. The maximum absolute atomic E-state index is 12.5. The van der Waals surface area contributed by atoms with Gasteiger partial charge in [-0.15, -0.1) is 0 Å². The van der Waals surface area contributed by atoms with E-state index in [1.807, 2.05) is 54.6 Å². The van der Waals surface area contributed by atoms with Crippen molar-refractivity contribution in [1.82, 2.24) is 5.32 Å². The molecule has 5 heteroatoms. The molecule has 29 heavy (non-hydrogen) atoms. The van der Waals surface area contributed by atoms with Crippen LogP contribution in [-0.4, -0.2) is 11.9 Å². The minimum absolute atomic E-state index is 0.118. The van der Waals surface area contributed by atoms with Gasteiger partial charge in [0.25, 0.3) is 5.91 Å². The number of hydrogen-bond donors (Lipinski definition) is 1. The molecule has 0 saturated heterocycles. The summed E-state index contributed by atoms with van der Waals surface area (Å²) in [6, 6.07) is 17.0. The Morgan fingerprint density at radius 2 is 1.93 bits per heavy atom. The van der Waals surface area contributed by atoms with Crippen molar-refractivity contribution in [2.45, 2.75) is 45.3 Å². The number of amides is 1. The van der Waals surface area contributed by atoms with Crippen LogP contribution in [0.5, 0.6) is 5.75 Å². The van der Waals surface area contributed by atoms with Gasteiger partial charge in [-0.25, -0.2) is 0 Å². The Morgan fingerprint density at radius 3 is 2.62 bits per heavy atom. The van der Waals surface area contributed by atoms with Gasteiger partial charge in [0, 0.05) is 16.6 Å². The number of nitrogens with one attached hydrogen (secondary N) is 1. The molecule has 1 amide bonds. The first-order valence-corrected chi connectivity index (χ1v) is 10.3. The Morgan fingerprint density at radius 1 is 1.21 bits per heavy atom. The van der Waals surface area contributed by atoms with Crippen LogP contribution in [-0.2, 0) is 11.4 Å². The van der Waals surface area contributed by atoms with Crippen LogP contribution in [0.3, 0.4) is 0 Å². The number of nitriles is 1. The highest BCUT2D eigenvalue weighted by Crippen LogP contribution is 2.24. The summed E-state index contributed by atoms with van der Waals surface area (Å²) in [4.78, 5) is 12.5. The Balaban J connectivity index is 1.61. The molecule has 3 rings (SSSR count). The molecule has 0 bridgehead atoms. The lowest BCUT2D eigenvalue weighted by Crippen LogP contribution is -2.41. The van der Waals surface area contributed by atoms with Gasteiger partial charge in [0.05, 0.1) is 0 Å². The zero-order valence-corrected chi connectivity index (χ0v) is 17.3. The number of halogens is 1. The minimum atomic E-state index is -0.301. The molecular formula is C24H25ClN2O2. The number of carbonyl (C=O) groups is 1. The molecule has 1 aliphatic rings. The van der Waals surface area contributed by atoms with E-state index in [0.717, 1.165) is 30.4 Å². The molecule has 0 spiro atoms. The van der Waals surface area contributed by atoms with Gasteiger partial charge in [-0.1, -0.05) is 61.7 Å². The van der Waals surface area contributed by atoms with E-state index in [4.69, 9.17) is 16.3 Å². The Kier molecular flexibility index (Phi) is 7.32. The van der Waals surface area contributed by atoms with Gasteiger partial charge < -0.3 is 10.1 Å². The van der Waals surface area contributed by atoms with Gasteiger partial charge in [-0.3, -0.25) is 4.79 Å². The second-order valence-corrected chi connectivity index (χ2v) is 7.87. The molecule has 2 aromatic rings. The molecule has 2 aromatic carbocycles. The summed E-state index contributed by atoms with van der Waals surface area (Å²) in [5.41, 5.74) is 1.81. The Labute approximate surface area is 177 Å². The second kappa shape index (κ2) is 10.1. The van der Waals surface area contributed by atoms with Crippen LogP contribution in [0.4, 0.5) is 0 Å². The average molecular weight is 409 g/mol. The first-order chi connectivity index (χ1) is 14.1. The van der Waals surface area contributed by atoms with Gasteiger partial charge in [0.15, 0.2) is 0 Å². The first kappa shape index (κ1) is 21.0. The van der Waals surface area contributed by atoms with Gasteiger partial charge in [0.2, 0.25) is 0 Å². The monoisotopic (exact) mass is 408 g/mol. The molecule has 0 aliphatic heterocycles. The smallest absolute Gasteiger partial charge is 0.262 e. The maximum Gasteiger partial charge on any atom is 0.262 e. The molecule has 0 unspecified atom stereocenters. The summed E-state index contributed by atoms with van der Waals surface area (Å²) in [7, 11) is 0. The summed E-state index contributed by atoms with van der Waals surface area (Å²) in [5, 5.41) is 13.1. The lowest BCUT2D eigenvalue weighted by Gasteiger charge is -2.29. The molecule has 1 aliphatic carbocycles. The summed E-state index contributed by atoms with van der Waals surface area (Å²) >= 11 is 6.14. The third-order valence-corrected chi connectivity index (χ3v) is 5.71. The molecule has 150 valence electrons.